The molecule has 21 heavy (non-hydrogen) atoms. The van der Waals surface area contributed by atoms with Gasteiger partial charge in [0.2, 0.25) is 11.9 Å². The topological polar surface area (TPSA) is 63.2 Å². The molecular weight excluding hydrogens is 266 g/mol. The van der Waals surface area contributed by atoms with E-state index in [9.17, 15) is 0 Å². The Morgan fingerprint density at radius 1 is 1.10 bits per heavy atom. The molecule has 0 aliphatic heterocycles. The van der Waals surface area contributed by atoms with E-state index in [1.165, 1.54) is 0 Å². The van der Waals surface area contributed by atoms with Crippen LogP contribution >= 0.6 is 0 Å². The van der Waals surface area contributed by atoms with Gasteiger partial charge in [-0.1, -0.05) is 12.1 Å². The minimum absolute atomic E-state index is 0.0880. The molecule has 0 saturated carbocycles. The van der Waals surface area contributed by atoms with Crippen molar-refractivity contribution in [1.29, 1.82) is 0 Å². The van der Waals surface area contributed by atoms with Crippen LogP contribution in [-0.2, 0) is 0 Å². The van der Waals surface area contributed by atoms with E-state index in [1.807, 2.05) is 57.1 Å². The average molecular weight is 287 g/mol. The number of para-hydroxylation sites is 1. The van der Waals surface area contributed by atoms with Crippen molar-refractivity contribution in [1.82, 2.24) is 15.0 Å². The summed E-state index contributed by atoms with van der Waals surface area (Å²) < 4.78 is 5.84. The minimum atomic E-state index is 0.0880. The lowest BCUT2D eigenvalue weighted by atomic mass is 10.2. The maximum absolute atomic E-state index is 5.84. The fraction of sp³-hybridized carbons (Fsp3) is 0.400. The fourth-order valence-electron chi connectivity index (χ4n) is 1.81. The second-order valence-corrected chi connectivity index (χ2v) is 5.09. The number of benzene rings is 1. The molecule has 0 atom stereocenters. The van der Waals surface area contributed by atoms with Crippen molar-refractivity contribution in [2.24, 2.45) is 0 Å². The zero-order valence-corrected chi connectivity index (χ0v) is 13.1. The molecule has 0 aliphatic carbocycles. The Labute approximate surface area is 125 Å². The summed E-state index contributed by atoms with van der Waals surface area (Å²) in [5, 5.41) is 2.96. The van der Waals surface area contributed by atoms with E-state index in [1.54, 1.807) is 7.05 Å². The highest BCUT2D eigenvalue weighted by Gasteiger charge is 2.14. The van der Waals surface area contributed by atoms with Crippen LogP contribution in [0, 0.1) is 0 Å². The molecule has 0 amide bonds. The van der Waals surface area contributed by atoms with Crippen molar-refractivity contribution >= 4 is 11.9 Å². The standard InChI is InChI=1S/C15H21N5O/c1-10(2)21-12-9-7-6-8-11(12)13-17-14(16-3)19-15(18-13)20(4)5/h6-10H,1-5H3,(H,16,17,18,19). The molecule has 0 radical (unpaired) electrons. The third kappa shape index (κ3) is 3.59. The molecular formula is C15H21N5O. The van der Waals surface area contributed by atoms with E-state index < -0.39 is 0 Å². The SMILES string of the molecule is CNc1nc(-c2ccccc2OC(C)C)nc(N(C)C)n1. The van der Waals surface area contributed by atoms with E-state index in [4.69, 9.17) is 4.74 Å². The zero-order chi connectivity index (χ0) is 15.4. The number of rotatable bonds is 5. The molecule has 0 aliphatic rings. The lowest BCUT2D eigenvalue weighted by molar-refractivity contribution is 0.243. The zero-order valence-electron chi connectivity index (χ0n) is 13.1. The molecule has 112 valence electrons. The molecule has 6 heteroatoms. The van der Waals surface area contributed by atoms with E-state index in [0.717, 1.165) is 11.3 Å². The third-order valence-electron chi connectivity index (χ3n) is 2.74. The van der Waals surface area contributed by atoms with Gasteiger partial charge in [-0.05, 0) is 26.0 Å². The van der Waals surface area contributed by atoms with Gasteiger partial charge < -0.3 is 15.0 Å². The van der Waals surface area contributed by atoms with E-state index in [0.29, 0.717) is 17.7 Å². The highest BCUT2D eigenvalue weighted by molar-refractivity contribution is 5.65. The van der Waals surface area contributed by atoms with Crippen LogP contribution in [0.5, 0.6) is 5.75 Å². The van der Waals surface area contributed by atoms with Gasteiger partial charge in [0, 0.05) is 21.1 Å². The molecule has 2 rings (SSSR count). The van der Waals surface area contributed by atoms with Crippen molar-refractivity contribution in [3.8, 4) is 17.1 Å². The molecule has 1 N–H and O–H groups in total. The summed E-state index contributed by atoms with van der Waals surface area (Å²) in [6, 6.07) is 7.76. The quantitative estimate of drug-likeness (QED) is 0.911. The molecule has 2 aromatic rings. The highest BCUT2D eigenvalue weighted by Crippen LogP contribution is 2.29. The molecule has 1 aromatic heterocycles. The second-order valence-electron chi connectivity index (χ2n) is 5.09. The summed E-state index contributed by atoms with van der Waals surface area (Å²) in [4.78, 5) is 15.1. The number of aromatic nitrogens is 3. The first-order valence-electron chi connectivity index (χ1n) is 6.88. The molecule has 1 aromatic carbocycles. The van der Waals surface area contributed by atoms with Crippen LogP contribution in [0.1, 0.15) is 13.8 Å². The lowest BCUT2D eigenvalue weighted by Crippen LogP contribution is -2.15. The van der Waals surface area contributed by atoms with Crippen LogP contribution in [0.15, 0.2) is 24.3 Å². The number of anilines is 2. The normalized spacial score (nSPS) is 10.6. The molecule has 0 unspecified atom stereocenters. The van der Waals surface area contributed by atoms with Gasteiger partial charge in [0.05, 0.1) is 11.7 Å². The van der Waals surface area contributed by atoms with Gasteiger partial charge in [-0.2, -0.15) is 15.0 Å². The number of nitrogens with zero attached hydrogens (tertiary/aromatic N) is 4. The minimum Gasteiger partial charge on any atom is -0.490 e. The van der Waals surface area contributed by atoms with Crippen molar-refractivity contribution in [3.05, 3.63) is 24.3 Å². The van der Waals surface area contributed by atoms with Crippen LogP contribution in [0.3, 0.4) is 0 Å². The predicted octanol–water partition coefficient (Wildman–Crippen LogP) is 2.43. The summed E-state index contributed by atoms with van der Waals surface area (Å²) >= 11 is 0. The van der Waals surface area contributed by atoms with Crippen molar-refractivity contribution in [2.45, 2.75) is 20.0 Å². The summed E-state index contributed by atoms with van der Waals surface area (Å²) in [6.45, 7) is 3.99. The molecule has 0 spiro atoms. The van der Waals surface area contributed by atoms with Gasteiger partial charge in [0.1, 0.15) is 5.75 Å². The smallest absolute Gasteiger partial charge is 0.230 e. The summed E-state index contributed by atoms with van der Waals surface area (Å²) in [7, 11) is 5.58. The first-order valence-corrected chi connectivity index (χ1v) is 6.88. The number of hydrogen-bond donors (Lipinski definition) is 1. The van der Waals surface area contributed by atoms with E-state index in [-0.39, 0.29) is 6.10 Å². The Bertz CT molecular complexity index is 613. The molecule has 0 saturated heterocycles. The number of nitrogens with one attached hydrogen (secondary N) is 1. The monoisotopic (exact) mass is 287 g/mol. The molecule has 1 heterocycles. The van der Waals surface area contributed by atoms with Gasteiger partial charge >= 0.3 is 0 Å². The maximum Gasteiger partial charge on any atom is 0.230 e. The predicted molar refractivity (Wildman–Crippen MR) is 84.9 cm³/mol. The summed E-state index contributed by atoms with van der Waals surface area (Å²) in [5.41, 5.74) is 0.855. The number of ether oxygens (including phenoxy) is 1. The molecule has 0 fully saturated rings. The average Bonchev–Trinajstić information content (AvgIpc) is 2.46. The largest absolute Gasteiger partial charge is 0.490 e. The van der Waals surface area contributed by atoms with Crippen molar-refractivity contribution in [2.75, 3.05) is 31.4 Å². The van der Waals surface area contributed by atoms with E-state index in [2.05, 4.69) is 20.3 Å². The second kappa shape index (κ2) is 6.39. The van der Waals surface area contributed by atoms with Crippen molar-refractivity contribution < 1.29 is 4.74 Å². The van der Waals surface area contributed by atoms with Crippen LogP contribution in [0.2, 0.25) is 0 Å². The summed E-state index contributed by atoms with van der Waals surface area (Å²) in [5.74, 6) is 2.49. The van der Waals surface area contributed by atoms with Gasteiger partial charge in [-0.25, -0.2) is 0 Å². The van der Waals surface area contributed by atoms with Crippen molar-refractivity contribution in [3.63, 3.8) is 0 Å². The van der Waals surface area contributed by atoms with Gasteiger partial charge in [0.15, 0.2) is 5.82 Å². The van der Waals surface area contributed by atoms with E-state index >= 15 is 0 Å². The van der Waals surface area contributed by atoms with Crippen LogP contribution in [-0.4, -0.2) is 42.2 Å². The molecule has 0 bridgehead atoms. The van der Waals surface area contributed by atoms with Crippen LogP contribution in [0.4, 0.5) is 11.9 Å². The van der Waals surface area contributed by atoms with Gasteiger partial charge in [-0.15, -0.1) is 0 Å². The van der Waals surface area contributed by atoms with Gasteiger partial charge in [-0.3, -0.25) is 0 Å². The Hall–Kier alpha value is -2.37. The lowest BCUT2D eigenvalue weighted by Gasteiger charge is -2.16. The Balaban J connectivity index is 2.53. The highest BCUT2D eigenvalue weighted by atomic mass is 16.5. The molecule has 6 nitrogen and oxygen atoms in total. The Morgan fingerprint density at radius 3 is 2.43 bits per heavy atom. The third-order valence-corrected chi connectivity index (χ3v) is 2.74. The fourth-order valence-corrected chi connectivity index (χ4v) is 1.81. The van der Waals surface area contributed by atoms with Crippen LogP contribution < -0.4 is 15.0 Å². The first kappa shape index (κ1) is 15.0. The Morgan fingerprint density at radius 2 is 1.81 bits per heavy atom. The maximum atomic E-state index is 5.84. The summed E-state index contributed by atoms with van der Waals surface area (Å²) in [6.07, 6.45) is 0.0880. The first-order chi connectivity index (χ1) is 10.0. The van der Waals surface area contributed by atoms with Crippen LogP contribution in [0.25, 0.3) is 11.4 Å². The van der Waals surface area contributed by atoms with Gasteiger partial charge in [0.25, 0.3) is 0 Å². The number of hydrogen-bond acceptors (Lipinski definition) is 6. The Kier molecular flexibility index (Phi) is 4.57.